The average Bonchev–Trinajstić information content (AvgIpc) is 2.66. The van der Waals surface area contributed by atoms with Crippen LogP contribution in [0.25, 0.3) is 0 Å². The van der Waals surface area contributed by atoms with Crippen molar-refractivity contribution in [3.05, 3.63) is 11.6 Å². The molecule has 1 fully saturated rings. The molecular weight excluding hydrogens is 360 g/mol. The fraction of sp³-hybridized carbons (Fsp3) is 0.880. The van der Waals surface area contributed by atoms with Crippen LogP contribution in [-0.2, 0) is 4.79 Å². The molecule has 0 aromatic rings. The van der Waals surface area contributed by atoms with E-state index in [1.807, 2.05) is 0 Å². The molecule has 1 rings (SSSR count). The second-order valence-electron chi connectivity index (χ2n) is 10.2. The fourth-order valence-corrected chi connectivity index (χ4v) is 4.33. The predicted molar refractivity (Wildman–Crippen MR) is 124 cm³/mol. The summed E-state index contributed by atoms with van der Waals surface area (Å²) in [6.45, 7) is 14.2. The Kier molecular flexibility index (Phi) is 12.8. The molecule has 0 aliphatic heterocycles. The molecule has 0 saturated heterocycles. The van der Waals surface area contributed by atoms with Gasteiger partial charge < -0.3 is 15.7 Å². The van der Waals surface area contributed by atoms with Crippen LogP contribution in [0.4, 0.5) is 0 Å². The largest absolute Gasteiger partial charge is 0.391 e. The summed E-state index contributed by atoms with van der Waals surface area (Å²) in [5.41, 5.74) is 1.33. The third-order valence-corrected chi connectivity index (χ3v) is 6.20. The molecule has 1 aliphatic rings. The van der Waals surface area contributed by atoms with Crippen molar-refractivity contribution in [2.75, 3.05) is 13.1 Å². The Labute approximate surface area is 180 Å². The zero-order valence-electron chi connectivity index (χ0n) is 20.0. The van der Waals surface area contributed by atoms with Gasteiger partial charge in [0.1, 0.15) is 0 Å². The van der Waals surface area contributed by atoms with E-state index in [9.17, 15) is 9.90 Å². The van der Waals surface area contributed by atoms with Crippen molar-refractivity contribution in [1.29, 1.82) is 0 Å². The minimum Gasteiger partial charge on any atom is -0.391 e. The Morgan fingerprint density at radius 2 is 1.76 bits per heavy atom. The van der Waals surface area contributed by atoms with Crippen molar-refractivity contribution in [2.24, 2.45) is 23.7 Å². The highest BCUT2D eigenvalue weighted by molar-refractivity contribution is 5.78. The van der Waals surface area contributed by atoms with E-state index in [2.05, 4.69) is 58.3 Å². The number of rotatable bonds is 13. The Hall–Kier alpha value is -0.870. The topological polar surface area (TPSA) is 61.4 Å². The first-order chi connectivity index (χ1) is 13.7. The third-order valence-electron chi connectivity index (χ3n) is 6.20. The molecule has 0 heterocycles. The van der Waals surface area contributed by atoms with Crippen LogP contribution in [0.2, 0.25) is 0 Å². The summed E-state index contributed by atoms with van der Waals surface area (Å²) in [4.78, 5) is 12.7. The maximum Gasteiger partial charge on any atom is 0.223 e. The molecule has 3 unspecified atom stereocenters. The molecule has 0 aromatic heterocycles. The predicted octanol–water partition coefficient (Wildman–Crippen LogP) is 5.07. The van der Waals surface area contributed by atoms with E-state index in [0.717, 1.165) is 19.4 Å². The molecular formula is C25H48N2O2. The van der Waals surface area contributed by atoms with Crippen molar-refractivity contribution in [3.63, 3.8) is 0 Å². The Bertz CT molecular complexity index is 477. The molecule has 0 bridgehead atoms. The fourth-order valence-electron chi connectivity index (χ4n) is 4.33. The minimum atomic E-state index is -0.485. The SMILES string of the molecule is CC(C)=CCCNC(CC1CCCCC1)C(O)CC(C(=O)NCC(C)C)C(C)C. The van der Waals surface area contributed by atoms with E-state index in [0.29, 0.717) is 24.8 Å². The zero-order chi connectivity index (χ0) is 21.8. The smallest absolute Gasteiger partial charge is 0.223 e. The normalized spacial score (nSPS) is 18.5. The van der Waals surface area contributed by atoms with Crippen molar-refractivity contribution < 1.29 is 9.90 Å². The number of allylic oxidation sites excluding steroid dienone is 1. The van der Waals surface area contributed by atoms with Gasteiger partial charge in [-0.25, -0.2) is 0 Å². The summed E-state index contributed by atoms with van der Waals surface area (Å²) >= 11 is 0. The van der Waals surface area contributed by atoms with E-state index >= 15 is 0 Å². The Morgan fingerprint density at radius 3 is 2.31 bits per heavy atom. The van der Waals surface area contributed by atoms with Gasteiger partial charge in [-0.05, 0) is 57.4 Å². The third kappa shape index (κ3) is 11.2. The lowest BCUT2D eigenvalue weighted by Gasteiger charge is -2.32. The first-order valence-corrected chi connectivity index (χ1v) is 12.0. The second-order valence-corrected chi connectivity index (χ2v) is 10.2. The van der Waals surface area contributed by atoms with E-state index in [4.69, 9.17) is 0 Å². The number of hydrogen-bond acceptors (Lipinski definition) is 3. The van der Waals surface area contributed by atoms with Gasteiger partial charge in [-0.3, -0.25) is 4.79 Å². The lowest BCUT2D eigenvalue weighted by Crippen LogP contribution is -2.45. The molecule has 1 saturated carbocycles. The summed E-state index contributed by atoms with van der Waals surface area (Å²) in [5.74, 6) is 1.31. The molecule has 29 heavy (non-hydrogen) atoms. The Morgan fingerprint density at radius 1 is 1.10 bits per heavy atom. The van der Waals surface area contributed by atoms with Gasteiger partial charge in [-0.1, -0.05) is 71.4 Å². The van der Waals surface area contributed by atoms with E-state index < -0.39 is 6.10 Å². The molecule has 0 aromatic carbocycles. The summed E-state index contributed by atoms with van der Waals surface area (Å²) in [6, 6.07) is 0.0720. The highest BCUT2D eigenvalue weighted by Crippen LogP contribution is 2.29. The van der Waals surface area contributed by atoms with Gasteiger partial charge in [-0.2, -0.15) is 0 Å². The standard InChI is InChI=1S/C25H48N2O2/c1-18(2)11-10-14-26-23(15-21-12-8-7-9-13-21)24(28)16-22(20(5)6)25(29)27-17-19(3)4/h11,19-24,26,28H,7-10,12-17H2,1-6H3,(H,27,29). The highest BCUT2D eigenvalue weighted by Gasteiger charge is 2.30. The first-order valence-electron chi connectivity index (χ1n) is 12.0. The number of aliphatic hydroxyl groups excluding tert-OH is 1. The summed E-state index contributed by atoms with van der Waals surface area (Å²) in [7, 11) is 0. The molecule has 1 aliphatic carbocycles. The maximum absolute atomic E-state index is 12.7. The molecule has 0 spiro atoms. The highest BCUT2D eigenvalue weighted by atomic mass is 16.3. The van der Waals surface area contributed by atoms with E-state index in [1.165, 1.54) is 37.7 Å². The molecule has 0 radical (unpaired) electrons. The van der Waals surface area contributed by atoms with Crippen LogP contribution >= 0.6 is 0 Å². The molecule has 3 N–H and O–H groups in total. The maximum atomic E-state index is 12.7. The van der Waals surface area contributed by atoms with Crippen molar-refractivity contribution in [1.82, 2.24) is 10.6 Å². The monoisotopic (exact) mass is 408 g/mol. The summed E-state index contributed by atoms with van der Waals surface area (Å²) in [5, 5.41) is 17.8. The van der Waals surface area contributed by atoms with Crippen molar-refractivity contribution in [2.45, 2.75) is 105 Å². The molecule has 3 atom stereocenters. The second kappa shape index (κ2) is 14.2. The minimum absolute atomic E-state index is 0.0720. The zero-order valence-corrected chi connectivity index (χ0v) is 20.0. The number of carbonyl (C=O) groups excluding carboxylic acids is 1. The van der Waals surface area contributed by atoms with Gasteiger partial charge in [0.25, 0.3) is 0 Å². The molecule has 170 valence electrons. The lowest BCUT2D eigenvalue weighted by atomic mass is 9.81. The van der Waals surface area contributed by atoms with E-state index in [-0.39, 0.29) is 23.8 Å². The number of hydrogen-bond donors (Lipinski definition) is 3. The molecule has 4 heteroatoms. The molecule has 4 nitrogen and oxygen atoms in total. The van der Waals surface area contributed by atoms with Crippen molar-refractivity contribution in [3.8, 4) is 0 Å². The van der Waals surface area contributed by atoms with E-state index in [1.54, 1.807) is 0 Å². The average molecular weight is 409 g/mol. The first kappa shape index (κ1) is 26.2. The van der Waals surface area contributed by atoms with Crippen molar-refractivity contribution >= 4 is 5.91 Å². The van der Waals surface area contributed by atoms with Crippen LogP contribution in [0, 0.1) is 23.7 Å². The van der Waals surface area contributed by atoms with Crippen LogP contribution in [-0.4, -0.2) is 36.2 Å². The number of carbonyl (C=O) groups is 1. The number of amides is 1. The van der Waals surface area contributed by atoms with Gasteiger partial charge in [0.15, 0.2) is 0 Å². The van der Waals surface area contributed by atoms with Gasteiger partial charge >= 0.3 is 0 Å². The van der Waals surface area contributed by atoms with Crippen LogP contribution < -0.4 is 10.6 Å². The van der Waals surface area contributed by atoms with Gasteiger partial charge in [0, 0.05) is 18.5 Å². The van der Waals surface area contributed by atoms with Gasteiger partial charge in [0.05, 0.1) is 6.10 Å². The lowest BCUT2D eigenvalue weighted by molar-refractivity contribution is -0.127. The molecule has 1 amide bonds. The Balaban J connectivity index is 2.72. The quantitative estimate of drug-likeness (QED) is 0.295. The van der Waals surface area contributed by atoms with Crippen LogP contribution in [0.3, 0.4) is 0 Å². The number of aliphatic hydroxyl groups is 1. The number of nitrogens with one attached hydrogen (secondary N) is 2. The van der Waals surface area contributed by atoms with Gasteiger partial charge in [-0.15, -0.1) is 0 Å². The van der Waals surface area contributed by atoms with Gasteiger partial charge in [0.2, 0.25) is 5.91 Å². The van der Waals surface area contributed by atoms with Crippen LogP contribution in [0.5, 0.6) is 0 Å². The summed E-state index contributed by atoms with van der Waals surface area (Å²) < 4.78 is 0. The summed E-state index contributed by atoms with van der Waals surface area (Å²) in [6.07, 6.45) is 10.8. The van der Waals surface area contributed by atoms with Crippen LogP contribution in [0.15, 0.2) is 11.6 Å². The van der Waals surface area contributed by atoms with Crippen LogP contribution in [0.1, 0.15) is 92.9 Å².